The van der Waals surface area contributed by atoms with Crippen molar-refractivity contribution in [1.82, 2.24) is 19.5 Å². The number of anilines is 1. The van der Waals surface area contributed by atoms with Gasteiger partial charge >= 0.3 is 0 Å². The Morgan fingerprint density at radius 1 is 1.25 bits per heavy atom. The van der Waals surface area contributed by atoms with Crippen LogP contribution in [0.4, 0.5) is 10.2 Å². The molecule has 10 heteroatoms. The molecule has 2 saturated heterocycles. The number of aromatic nitrogens is 3. The Labute approximate surface area is 212 Å². The number of nitriles is 1. The third kappa shape index (κ3) is 4.48. The molecule has 2 aliphatic heterocycles. The lowest BCUT2D eigenvalue weighted by atomic mass is 9.98. The van der Waals surface area contributed by atoms with Crippen LogP contribution in [0.25, 0.3) is 5.65 Å². The predicted octanol–water partition coefficient (Wildman–Crippen LogP) is 4.02. The predicted molar refractivity (Wildman–Crippen MR) is 135 cm³/mol. The molecule has 36 heavy (non-hydrogen) atoms. The molecular weight excluding hydrogens is 479 g/mol. The molecule has 3 unspecified atom stereocenters. The van der Waals surface area contributed by atoms with Gasteiger partial charge in [-0.1, -0.05) is 6.92 Å². The van der Waals surface area contributed by atoms with Crippen molar-refractivity contribution >= 4 is 28.2 Å². The smallest absolute Gasteiger partial charge is 0.257 e. The van der Waals surface area contributed by atoms with Crippen LogP contribution in [0.3, 0.4) is 0 Å². The van der Waals surface area contributed by atoms with Crippen LogP contribution >= 0.6 is 0 Å². The summed E-state index contributed by atoms with van der Waals surface area (Å²) in [6.07, 6.45) is 5.24. The number of benzene rings is 1. The average Bonchev–Trinajstić information content (AvgIpc) is 3.54. The van der Waals surface area contributed by atoms with Crippen molar-refractivity contribution in [2.24, 2.45) is 5.92 Å². The zero-order valence-corrected chi connectivity index (χ0v) is 21.3. The molecule has 0 bridgehead atoms. The van der Waals surface area contributed by atoms with E-state index in [2.05, 4.69) is 11.0 Å². The molecule has 2 aliphatic rings. The molecule has 0 spiro atoms. The molecule has 5 rings (SSSR count). The Kier molecular flexibility index (Phi) is 6.75. The van der Waals surface area contributed by atoms with Gasteiger partial charge < -0.3 is 9.80 Å². The van der Waals surface area contributed by atoms with Crippen LogP contribution in [0.2, 0.25) is 0 Å². The molecule has 0 aliphatic carbocycles. The lowest BCUT2D eigenvalue weighted by Gasteiger charge is -2.35. The summed E-state index contributed by atoms with van der Waals surface area (Å²) in [6, 6.07) is 8.07. The van der Waals surface area contributed by atoms with Gasteiger partial charge in [0.2, 0.25) is 0 Å². The summed E-state index contributed by atoms with van der Waals surface area (Å²) in [7, 11) is -1.28. The Bertz CT molecular complexity index is 1380. The summed E-state index contributed by atoms with van der Waals surface area (Å²) in [4.78, 5) is 22.7. The first kappa shape index (κ1) is 24.4. The average molecular weight is 509 g/mol. The van der Waals surface area contributed by atoms with E-state index in [-0.39, 0.29) is 17.5 Å². The fourth-order valence-electron chi connectivity index (χ4n) is 5.17. The van der Waals surface area contributed by atoms with E-state index in [0.29, 0.717) is 29.4 Å². The third-order valence-corrected chi connectivity index (χ3v) is 8.40. The molecule has 1 aromatic carbocycles. The van der Waals surface area contributed by atoms with E-state index in [0.717, 1.165) is 49.3 Å². The highest BCUT2D eigenvalue weighted by Gasteiger charge is 2.32. The first-order valence-corrected chi connectivity index (χ1v) is 13.7. The maximum atomic E-state index is 14.7. The lowest BCUT2D eigenvalue weighted by Crippen LogP contribution is -2.39. The minimum atomic E-state index is -1.28. The van der Waals surface area contributed by atoms with Gasteiger partial charge in [-0.05, 0) is 50.8 Å². The topological polar surface area (TPSA) is 94.6 Å². The van der Waals surface area contributed by atoms with Gasteiger partial charge in [0.1, 0.15) is 11.6 Å². The van der Waals surface area contributed by atoms with Crippen LogP contribution in [0.1, 0.15) is 60.3 Å². The Balaban J connectivity index is 1.46. The molecule has 4 heterocycles. The van der Waals surface area contributed by atoms with Gasteiger partial charge in [-0.2, -0.15) is 10.4 Å². The van der Waals surface area contributed by atoms with E-state index in [1.807, 2.05) is 19.2 Å². The standard InChI is InChI=1S/C26H29FN6O2S/c1-3-36(35)19-7-8-21(27)20(12-19)26(34)32-10-5-4-6-23(32)22-13-24-29-25(17(2)15-33(24)30-22)31-11-9-18(14-28)16-31/h7-8,12-13,15,18,23H,3-6,9-11,16H2,1-2H3. The van der Waals surface area contributed by atoms with Gasteiger partial charge in [0.25, 0.3) is 5.91 Å². The summed E-state index contributed by atoms with van der Waals surface area (Å²) >= 11 is 0. The quantitative estimate of drug-likeness (QED) is 0.517. The number of piperidine rings is 1. The summed E-state index contributed by atoms with van der Waals surface area (Å²) in [5.41, 5.74) is 2.31. The van der Waals surface area contributed by atoms with Gasteiger partial charge in [-0.3, -0.25) is 9.00 Å². The molecule has 2 fully saturated rings. The normalized spacial score (nSPS) is 21.1. The first-order chi connectivity index (χ1) is 17.4. The number of carbonyl (C=O) groups is 1. The zero-order valence-electron chi connectivity index (χ0n) is 20.5. The van der Waals surface area contributed by atoms with Crippen molar-refractivity contribution in [2.45, 2.75) is 50.5 Å². The lowest BCUT2D eigenvalue weighted by molar-refractivity contribution is 0.0600. The molecule has 3 aromatic rings. The summed E-state index contributed by atoms with van der Waals surface area (Å²) in [6.45, 7) is 5.73. The minimum absolute atomic E-state index is 0.0124. The Morgan fingerprint density at radius 2 is 2.08 bits per heavy atom. The number of hydrogen-bond donors (Lipinski definition) is 0. The van der Waals surface area contributed by atoms with E-state index in [1.165, 1.54) is 18.2 Å². The second-order valence-corrected chi connectivity index (χ2v) is 11.2. The molecule has 188 valence electrons. The van der Waals surface area contributed by atoms with Gasteiger partial charge in [0.05, 0.1) is 40.1 Å². The maximum absolute atomic E-state index is 14.7. The second kappa shape index (κ2) is 9.97. The van der Waals surface area contributed by atoms with Gasteiger partial charge in [-0.25, -0.2) is 13.9 Å². The van der Waals surface area contributed by atoms with Crippen molar-refractivity contribution in [3.63, 3.8) is 0 Å². The maximum Gasteiger partial charge on any atom is 0.257 e. The van der Waals surface area contributed by atoms with Crippen LogP contribution < -0.4 is 4.90 Å². The summed E-state index contributed by atoms with van der Waals surface area (Å²) in [5.74, 6) is 0.244. The second-order valence-electron chi connectivity index (χ2n) is 9.47. The monoisotopic (exact) mass is 508 g/mol. The molecule has 0 N–H and O–H groups in total. The highest BCUT2D eigenvalue weighted by Crippen LogP contribution is 2.33. The zero-order chi connectivity index (χ0) is 25.4. The fraction of sp³-hybridized carbons (Fsp3) is 0.462. The number of amides is 1. The highest BCUT2D eigenvalue weighted by atomic mass is 32.2. The van der Waals surface area contributed by atoms with Crippen molar-refractivity contribution in [1.29, 1.82) is 5.26 Å². The number of aryl methyl sites for hydroxylation is 1. The minimum Gasteiger partial charge on any atom is -0.355 e. The van der Waals surface area contributed by atoms with Crippen LogP contribution in [-0.4, -0.2) is 55.0 Å². The molecular formula is C26H29FN6O2S. The van der Waals surface area contributed by atoms with Crippen molar-refractivity contribution in [3.8, 4) is 6.07 Å². The summed E-state index contributed by atoms with van der Waals surface area (Å²) < 4.78 is 28.7. The van der Waals surface area contributed by atoms with E-state index in [1.54, 1.807) is 16.3 Å². The number of halogens is 1. The SMILES string of the molecule is CCS(=O)c1ccc(F)c(C(=O)N2CCCCC2c2cc3nc(N4CCC(C#N)C4)c(C)cn3n2)c1. The number of nitrogens with zero attached hydrogens (tertiary/aromatic N) is 6. The fourth-order valence-corrected chi connectivity index (χ4v) is 5.98. The largest absolute Gasteiger partial charge is 0.355 e. The van der Waals surface area contributed by atoms with Gasteiger partial charge in [0.15, 0.2) is 5.65 Å². The van der Waals surface area contributed by atoms with Crippen molar-refractivity contribution < 1.29 is 13.4 Å². The van der Waals surface area contributed by atoms with Crippen LogP contribution in [0.5, 0.6) is 0 Å². The Morgan fingerprint density at radius 3 is 2.83 bits per heavy atom. The molecule has 0 saturated carbocycles. The van der Waals surface area contributed by atoms with Crippen LogP contribution in [-0.2, 0) is 10.8 Å². The Hall–Kier alpha value is -3.32. The van der Waals surface area contributed by atoms with E-state index >= 15 is 0 Å². The number of rotatable bonds is 5. The number of hydrogen-bond acceptors (Lipinski definition) is 6. The molecule has 8 nitrogen and oxygen atoms in total. The molecule has 2 aromatic heterocycles. The highest BCUT2D eigenvalue weighted by molar-refractivity contribution is 7.85. The summed E-state index contributed by atoms with van der Waals surface area (Å²) in [5, 5.41) is 14.0. The van der Waals surface area contributed by atoms with Gasteiger partial charge in [-0.15, -0.1) is 0 Å². The van der Waals surface area contributed by atoms with Crippen molar-refractivity contribution in [2.75, 3.05) is 30.3 Å². The number of fused-ring (bicyclic) bond motifs is 1. The molecule has 0 radical (unpaired) electrons. The molecule has 3 atom stereocenters. The number of carbonyl (C=O) groups excluding carboxylic acids is 1. The van der Waals surface area contributed by atoms with Crippen molar-refractivity contribution in [3.05, 3.63) is 53.1 Å². The third-order valence-electron chi connectivity index (χ3n) is 7.09. The van der Waals surface area contributed by atoms with E-state index in [9.17, 15) is 18.7 Å². The molecule has 1 amide bonds. The van der Waals surface area contributed by atoms with Crippen LogP contribution in [0.15, 0.2) is 35.4 Å². The van der Waals surface area contributed by atoms with Crippen LogP contribution in [0, 0.1) is 30.0 Å². The number of likely N-dealkylation sites (tertiary alicyclic amines) is 1. The first-order valence-electron chi connectivity index (χ1n) is 12.4. The van der Waals surface area contributed by atoms with E-state index in [4.69, 9.17) is 10.1 Å². The van der Waals surface area contributed by atoms with Gasteiger partial charge in [0, 0.05) is 48.1 Å². The van der Waals surface area contributed by atoms with E-state index < -0.39 is 22.5 Å².